The Balaban J connectivity index is 1.79. The van der Waals surface area contributed by atoms with Gasteiger partial charge in [-0.05, 0) is 61.3 Å². The Hall–Kier alpha value is -2.40. The second-order valence-electron chi connectivity index (χ2n) is 7.11. The Morgan fingerprint density at radius 2 is 1.89 bits per heavy atom. The Morgan fingerprint density at radius 1 is 1.19 bits per heavy atom. The normalized spacial score (nSPS) is 15.5. The molecule has 2 aromatic carbocycles. The van der Waals surface area contributed by atoms with E-state index in [1.165, 1.54) is 25.0 Å². The molecule has 1 unspecified atom stereocenters. The number of carbonyl (C=O) groups excluding carboxylic acids is 1. The van der Waals surface area contributed by atoms with E-state index >= 15 is 0 Å². The molecule has 1 atom stereocenters. The Morgan fingerprint density at radius 3 is 2.56 bits per heavy atom. The maximum Gasteiger partial charge on any atom is 0.227 e. The molecule has 27 heavy (non-hydrogen) atoms. The smallest absolute Gasteiger partial charge is 0.227 e. The van der Waals surface area contributed by atoms with E-state index in [2.05, 4.69) is 4.90 Å². The lowest BCUT2D eigenvalue weighted by molar-refractivity contribution is -0.131. The molecule has 0 N–H and O–H groups in total. The topological polar surface area (TPSA) is 32.8 Å². The predicted molar refractivity (Wildman–Crippen MR) is 104 cm³/mol. The monoisotopic (exact) mass is 370 g/mol. The van der Waals surface area contributed by atoms with Crippen LogP contribution in [0.25, 0.3) is 0 Å². The number of ether oxygens (including phenoxy) is 1. The fourth-order valence-corrected chi connectivity index (χ4v) is 3.59. The summed E-state index contributed by atoms with van der Waals surface area (Å²) < 4.78 is 18.5. The second-order valence-corrected chi connectivity index (χ2v) is 7.11. The van der Waals surface area contributed by atoms with Gasteiger partial charge in [0.25, 0.3) is 0 Å². The molecule has 0 bridgehead atoms. The Kier molecular flexibility index (Phi) is 6.45. The van der Waals surface area contributed by atoms with Crippen molar-refractivity contribution in [2.45, 2.75) is 25.3 Å². The second kappa shape index (κ2) is 9.00. The summed E-state index contributed by atoms with van der Waals surface area (Å²) in [5, 5.41) is 0. The summed E-state index contributed by atoms with van der Waals surface area (Å²) in [5.74, 6) is 0.523. The summed E-state index contributed by atoms with van der Waals surface area (Å²) in [6, 6.07) is 14.0. The van der Waals surface area contributed by atoms with Crippen LogP contribution >= 0.6 is 0 Å². The van der Waals surface area contributed by atoms with Gasteiger partial charge in [-0.15, -0.1) is 0 Å². The van der Waals surface area contributed by atoms with E-state index in [1.807, 2.05) is 36.2 Å². The highest BCUT2D eigenvalue weighted by Crippen LogP contribution is 2.26. The highest BCUT2D eigenvalue weighted by molar-refractivity contribution is 5.79. The number of nitrogens with zero attached hydrogens (tertiary/aromatic N) is 2. The molecular weight excluding hydrogens is 343 g/mol. The third-order valence-electron chi connectivity index (χ3n) is 5.24. The van der Waals surface area contributed by atoms with Crippen molar-refractivity contribution in [1.82, 2.24) is 9.80 Å². The zero-order chi connectivity index (χ0) is 19.2. The fraction of sp³-hybridized carbons (Fsp3) is 0.409. The zero-order valence-corrected chi connectivity index (χ0v) is 16.0. The molecule has 144 valence electrons. The number of halogens is 1. The highest BCUT2D eigenvalue weighted by atomic mass is 19.1. The summed E-state index contributed by atoms with van der Waals surface area (Å²) >= 11 is 0. The minimum absolute atomic E-state index is 0.0219. The molecule has 3 rings (SSSR count). The quantitative estimate of drug-likeness (QED) is 0.745. The molecule has 1 aliphatic rings. The third-order valence-corrected chi connectivity index (χ3v) is 5.24. The summed E-state index contributed by atoms with van der Waals surface area (Å²) in [4.78, 5) is 17.1. The van der Waals surface area contributed by atoms with Crippen LogP contribution < -0.4 is 4.74 Å². The van der Waals surface area contributed by atoms with E-state index < -0.39 is 0 Å². The van der Waals surface area contributed by atoms with Gasteiger partial charge < -0.3 is 14.5 Å². The van der Waals surface area contributed by atoms with E-state index in [4.69, 9.17) is 4.74 Å². The summed E-state index contributed by atoms with van der Waals surface area (Å²) in [6.07, 6.45) is 2.67. The van der Waals surface area contributed by atoms with Crippen LogP contribution in [-0.2, 0) is 11.2 Å². The van der Waals surface area contributed by atoms with Crippen molar-refractivity contribution < 1.29 is 13.9 Å². The fourth-order valence-electron chi connectivity index (χ4n) is 3.59. The van der Waals surface area contributed by atoms with Crippen LogP contribution in [0.3, 0.4) is 0 Å². The van der Waals surface area contributed by atoms with Crippen LogP contribution in [0.4, 0.5) is 4.39 Å². The molecule has 1 aliphatic heterocycles. The van der Waals surface area contributed by atoms with Crippen LogP contribution in [0, 0.1) is 5.82 Å². The average molecular weight is 370 g/mol. The number of benzene rings is 2. The minimum Gasteiger partial charge on any atom is -0.497 e. The molecule has 2 aromatic rings. The van der Waals surface area contributed by atoms with Gasteiger partial charge in [0.05, 0.1) is 19.6 Å². The number of hydrogen-bond acceptors (Lipinski definition) is 3. The number of rotatable bonds is 7. The molecule has 0 saturated carbocycles. The first-order valence-electron chi connectivity index (χ1n) is 9.43. The summed E-state index contributed by atoms with van der Waals surface area (Å²) in [5.41, 5.74) is 1.88. The van der Waals surface area contributed by atoms with Crippen LogP contribution in [0.15, 0.2) is 48.5 Å². The molecule has 1 heterocycles. The molecule has 4 nitrogen and oxygen atoms in total. The number of amides is 1. The minimum atomic E-state index is -0.289. The van der Waals surface area contributed by atoms with Gasteiger partial charge in [0.1, 0.15) is 11.6 Å². The molecule has 5 heteroatoms. The lowest BCUT2D eigenvalue weighted by atomic mass is 10.0. The van der Waals surface area contributed by atoms with E-state index in [1.54, 1.807) is 19.2 Å². The maximum atomic E-state index is 13.1. The van der Waals surface area contributed by atoms with Crippen molar-refractivity contribution in [2.24, 2.45) is 0 Å². The van der Waals surface area contributed by atoms with E-state index in [-0.39, 0.29) is 24.2 Å². The Labute approximate surface area is 160 Å². The standard InChI is InChI=1S/C22H27FN2O2/c1-24(22(26)14-17-8-10-19(23)11-9-17)21(16-25-12-3-4-13-25)18-6-5-7-20(15-18)27-2/h5-11,15,21H,3-4,12-14,16H2,1-2H3. The van der Waals surface area contributed by atoms with Crippen LogP contribution in [0.5, 0.6) is 5.75 Å². The van der Waals surface area contributed by atoms with E-state index in [9.17, 15) is 9.18 Å². The average Bonchev–Trinajstić information content (AvgIpc) is 3.20. The predicted octanol–water partition coefficient (Wildman–Crippen LogP) is 3.67. The van der Waals surface area contributed by atoms with E-state index in [0.29, 0.717) is 0 Å². The number of carbonyl (C=O) groups is 1. The molecule has 1 amide bonds. The van der Waals surface area contributed by atoms with Gasteiger partial charge in [-0.3, -0.25) is 4.79 Å². The first kappa shape index (κ1) is 19.4. The molecule has 0 spiro atoms. The lowest BCUT2D eigenvalue weighted by Crippen LogP contribution is -2.39. The summed E-state index contributed by atoms with van der Waals surface area (Å²) in [6.45, 7) is 2.94. The maximum absolute atomic E-state index is 13.1. The molecular formula is C22H27FN2O2. The largest absolute Gasteiger partial charge is 0.497 e. The third kappa shape index (κ3) is 5.07. The lowest BCUT2D eigenvalue weighted by Gasteiger charge is -2.32. The van der Waals surface area contributed by atoms with Crippen LogP contribution in [-0.4, -0.2) is 49.5 Å². The number of methoxy groups -OCH3 is 1. The van der Waals surface area contributed by atoms with Crippen molar-refractivity contribution in [2.75, 3.05) is 33.8 Å². The molecule has 0 radical (unpaired) electrons. The first-order chi connectivity index (χ1) is 13.1. The number of likely N-dealkylation sites (N-methyl/N-ethyl adjacent to an activating group) is 1. The van der Waals surface area contributed by atoms with Gasteiger partial charge in [-0.1, -0.05) is 24.3 Å². The number of likely N-dealkylation sites (tertiary alicyclic amines) is 1. The van der Waals surface area contributed by atoms with Gasteiger partial charge >= 0.3 is 0 Å². The van der Waals surface area contributed by atoms with Crippen molar-refractivity contribution >= 4 is 5.91 Å². The van der Waals surface area contributed by atoms with Gasteiger partial charge in [0, 0.05) is 13.6 Å². The number of hydrogen-bond donors (Lipinski definition) is 0. The Bertz CT molecular complexity index is 757. The summed E-state index contributed by atoms with van der Waals surface area (Å²) in [7, 11) is 3.50. The molecule has 1 fully saturated rings. The van der Waals surface area contributed by atoms with Gasteiger partial charge in [-0.25, -0.2) is 4.39 Å². The molecule has 0 aliphatic carbocycles. The zero-order valence-electron chi connectivity index (χ0n) is 16.0. The van der Waals surface area contributed by atoms with Crippen LogP contribution in [0.1, 0.15) is 30.0 Å². The van der Waals surface area contributed by atoms with Gasteiger partial charge in [-0.2, -0.15) is 0 Å². The van der Waals surface area contributed by atoms with E-state index in [0.717, 1.165) is 36.5 Å². The molecule has 1 saturated heterocycles. The van der Waals surface area contributed by atoms with Crippen molar-refractivity contribution in [3.63, 3.8) is 0 Å². The van der Waals surface area contributed by atoms with Gasteiger partial charge in [0.15, 0.2) is 0 Å². The SMILES string of the molecule is COc1cccc(C(CN2CCCC2)N(C)C(=O)Cc2ccc(F)cc2)c1. The van der Waals surface area contributed by atoms with Crippen molar-refractivity contribution in [3.05, 3.63) is 65.5 Å². The first-order valence-corrected chi connectivity index (χ1v) is 9.43. The van der Waals surface area contributed by atoms with Gasteiger partial charge in [0.2, 0.25) is 5.91 Å². The van der Waals surface area contributed by atoms with Crippen LogP contribution in [0.2, 0.25) is 0 Å². The molecule has 0 aromatic heterocycles. The van der Waals surface area contributed by atoms with Crippen molar-refractivity contribution in [3.8, 4) is 5.75 Å². The van der Waals surface area contributed by atoms with Crippen molar-refractivity contribution in [1.29, 1.82) is 0 Å². The highest BCUT2D eigenvalue weighted by Gasteiger charge is 2.26.